The lowest BCUT2D eigenvalue weighted by Gasteiger charge is -2.40. The molecule has 0 radical (unpaired) electrons. The minimum Gasteiger partial charge on any atom is -0.459 e. The van der Waals surface area contributed by atoms with Crippen molar-refractivity contribution in [1.29, 1.82) is 0 Å². The van der Waals surface area contributed by atoms with Crippen molar-refractivity contribution < 1.29 is 14.3 Å². The minimum atomic E-state index is -0.610. The summed E-state index contributed by atoms with van der Waals surface area (Å²) in [7, 11) is 0. The quantitative estimate of drug-likeness (QED) is 0.649. The normalized spacial score (nSPS) is 14.7. The van der Waals surface area contributed by atoms with Crippen molar-refractivity contribution in [2.24, 2.45) is 16.6 Å². The molecular weight excluding hydrogens is 302 g/mol. The van der Waals surface area contributed by atoms with E-state index in [1.807, 2.05) is 41.5 Å². The fraction of sp³-hybridized carbons (Fsp3) is 0.950. The summed E-state index contributed by atoms with van der Waals surface area (Å²) in [5.74, 6) is -0.207. The van der Waals surface area contributed by atoms with E-state index in [9.17, 15) is 4.79 Å². The van der Waals surface area contributed by atoms with Gasteiger partial charge < -0.3 is 15.2 Å². The summed E-state index contributed by atoms with van der Waals surface area (Å²) < 4.78 is 11.8. The highest BCUT2D eigenvalue weighted by Gasteiger charge is 2.38. The Labute approximate surface area is 149 Å². The Bertz CT molecular complexity index is 423. The van der Waals surface area contributed by atoms with Crippen LogP contribution in [0.15, 0.2) is 0 Å². The van der Waals surface area contributed by atoms with Gasteiger partial charge in [0.1, 0.15) is 5.60 Å². The van der Waals surface area contributed by atoms with Gasteiger partial charge in [0, 0.05) is 12.0 Å². The maximum absolute atomic E-state index is 12.6. The van der Waals surface area contributed by atoms with Gasteiger partial charge in [-0.05, 0) is 67.2 Å². The number of esters is 1. The Hall–Kier alpha value is -0.610. The molecule has 24 heavy (non-hydrogen) atoms. The predicted octanol–water partition coefficient (Wildman–Crippen LogP) is 4.69. The molecule has 0 heterocycles. The average molecular weight is 344 g/mol. The molecule has 2 N–H and O–H groups in total. The van der Waals surface area contributed by atoms with E-state index in [1.54, 1.807) is 0 Å². The standard InChI is InChI=1S/C20H41NO3/c1-16(2,3)20(10,11)23-13-12-19(8,9)24-15(22)17(4,5)14-18(6,7)21/h12-14,21H2,1-11H3. The topological polar surface area (TPSA) is 61.6 Å². The van der Waals surface area contributed by atoms with E-state index in [0.29, 0.717) is 19.4 Å². The maximum atomic E-state index is 12.6. The van der Waals surface area contributed by atoms with Gasteiger partial charge in [0.2, 0.25) is 0 Å². The summed E-state index contributed by atoms with van der Waals surface area (Å²) in [6, 6.07) is 0. The van der Waals surface area contributed by atoms with Crippen molar-refractivity contribution in [2.45, 2.75) is 106 Å². The van der Waals surface area contributed by atoms with E-state index in [1.165, 1.54) is 0 Å². The van der Waals surface area contributed by atoms with Crippen molar-refractivity contribution in [3.05, 3.63) is 0 Å². The van der Waals surface area contributed by atoms with Crippen LogP contribution in [0.25, 0.3) is 0 Å². The van der Waals surface area contributed by atoms with Crippen LogP contribution in [0.3, 0.4) is 0 Å². The van der Waals surface area contributed by atoms with E-state index < -0.39 is 16.6 Å². The second-order valence-corrected chi connectivity index (χ2v) is 10.6. The van der Waals surface area contributed by atoms with E-state index in [4.69, 9.17) is 15.2 Å². The van der Waals surface area contributed by atoms with E-state index in [0.717, 1.165) is 0 Å². The van der Waals surface area contributed by atoms with E-state index >= 15 is 0 Å². The van der Waals surface area contributed by atoms with Gasteiger partial charge in [-0.25, -0.2) is 0 Å². The molecule has 144 valence electrons. The zero-order valence-electron chi connectivity index (χ0n) is 17.9. The molecule has 0 rings (SSSR count). The average Bonchev–Trinajstić information content (AvgIpc) is 2.22. The highest BCUT2D eigenvalue weighted by atomic mass is 16.6. The van der Waals surface area contributed by atoms with Crippen LogP contribution < -0.4 is 5.73 Å². The lowest BCUT2D eigenvalue weighted by Crippen LogP contribution is -2.44. The van der Waals surface area contributed by atoms with Crippen molar-refractivity contribution in [3.63, 3.8) is 0 Å². The van der Waals surface area contributed by atoms with Crippen LogP contribution in [0.4, 0.5) is 0 Å². The molecule has 0 unspecified atom stereocenters. The summed E-state index contributed by atoms with van der Waals surface area (Å²) in [5, 5.41) is 0. The fourth-order valence-corrected chi connectivity index (χ4v) is 2.42. The van der Waals surface area contributed by atoms with Gasteiger partial charge >= 0.3 is 5.97 Å². The van der Waals surface area contributed by atoms with Gasteiger partial charge in [-0.15, -0.1) is 0 Å². The molecule has 4 nitrogen and oxygen atoms in total. The number of ether oxygens (including phenoxy) is 2. The van der Waals surface area contributed by atoms with Crippen LogP contribution in [-0.2, 0) is 14.3 Å². The first-order chi connectivity index (χ1) is 10.3. The van der Waals surface area contributed by atoms with Crippen molar-refractivity contribution >= 4 is 5.97 Å². The van der Waals surface area contributed by atoms with Gasteiger partial charge in [-0.1, -0.05) is 20.8 Å². The predicted molar refractivity (Wildman–Crippen MR) is 101 cm³/mol. The lowest BCUT2D eigenvalue weighted by atomic mass is 9.79. The molecule has 0 aliphatic heterocycles. The molecule has 0 atom stereocenters. The smallest absolute Gasteiger partial charge is 0.312 e. The van der Waals surface area contributed by atoms with Gasteiger partial charge in [0.05, 0.1) is 17.6 Å². The third-order valence-electron chi connectivity index (χ3n) is 4.79. The summed E-state index contributed by atoms with van der Waals surface area (Å²) in [6.07, 6.45) is 1.23. The Morgan fingerprint density at radius 1 is 0.875 bits per heavy atom. The van der Waals surface area contributed by atoms with E-state index in [2.05, 4.69) is 34.6 Å². The van der Waals surface area contributed by atoms with Gasteiger partial charge in [-0.2, -0.15) is 0 Å². The molecule has 0 aromatic heterocycles. The van der Waals surface area contributed by atoms with Gasteiger partial charge in [0.25, 0.3) is 0 Å². The van der Waals surface area contributed by atoms with Gasteiger partial charge in [0.15, 0.2) is 0 Å². The molecule has 0 aliphatic carbocycles. The number of hydrogen-bond acceptors (Lipinski definition) is 4. The largest absolute Gasteiger partial charge is 0.459 e. The number of carbonyl (C=O) groups is 1. The number of carbonyl (C=O) groups excluding carboxylic acids is 1. The van der Waals surface area contributed by atoms with Crippen molar-refractivity contribution in [2.75, 3.05) is 6.61 Å². The zero-order chi connectivity index (χ0) is 19.6. The Morgan fingerprint density at radius 3 is 1.71 bits per heavy atom. The second-order valence-electron chi connectivity index (χ2n) is 10.6. The lowest BCUT2D eigenvalue weighted by molar-refractivity contribution is -0.172. The second kappa shape index (κ2) is 7.33. The zero-order valence-corrected chi connectivity index (χ0v) is 17.9. The molecule has 0 saturated heterocycles. The first-order valence-corrected chi connectivity index (χ1v) is 8.95. The highest BCUT2D eigenvalue weighted by molar-refractivity contribution is 5.76. The van der Waals surface area contributed by atoms with Crippen molar-refractivity contribution in [3.8, 4) is 0 Å². The number of hydrogen-bond donors (Lipinski definition) is 1. The van der Waals surface area contributed by atoms with Crippen LogP contribution in [0, 0.1) is 10.8 Å². The maximum Gasteiger partial charge on any atom is 0.312 e. The van der Waals surface area contributed by atoms with Crippen LogP contribution in [0.5, 0.6) is 0 Å². The Balaban J connectivity index is 4.68. The Morgan fingerprint density at radius 2 is 1.33 bits per heavy atom. The summed E-state index contributed by atoms with van der Waals surface area (Å²) in [5.41, 5.74) is 4.28. The molecule has 0 aromatic carbocycles. The molecule has 0 aliphatic rings. The minimum absolute atomic E-state index is 0.0442. The molecule has 0 spiro atoms. The highest BCUT2D eigenvalue weighted by Crippen LogP contribution is 2.34. The number of rotatable bonds is 8. The summed E-state index contributed by atoms with van der Waals surface area (Å²) in [6.45, 7) is 22.7. The fourth-order valence-electron chi connectivity index (χ4n) is 2.42. The molecule has 0 bridgehead atoms. The van der Waals surface area contributed by atoms with E-state index in [-0.39, 0.29) is 17.0 Å². The summed E-state index contributed by atoms with van der Waals surface area (Å²) >= 11 is 0. The molecule has 0 amide bonds. The molecule has 0 aromatic rings. The van der Waals surface area contributed by atoms with Gasteiger partial charge in [-0.3, -0.25) is 4.79 Å². The third kappa shape index (κ3) is 7.98. The molecular formula is C20H41NO3. The van der Waals surface area contributed by atoms with Crippen LogP contribution in [-0.4, -0.2) is 29.3 Å². The van der Waals surface area contributed by atoms with Crippen molar-refractivity contribution in [1.82, 2.24) is 0 Å². The monoisotopic (exact) mass is 343 g/mol. The molecule has 0 saturated carbocycles. The molecule has 4 heteroatoms. The summed E-state index contributed by atoms with van der Waals surface area (Å²) in [4.78, 5) is 12.6. The van der Waals surface area contributed by atoms with Crippen LogP contribution in [0.2, 0.25) is 0 Å². The molecule has 0 fully saturated rings. The number of nitrogens with two attached hydrogens (primary N) is 1. The first kappa shape index (κ1) is 23.4. The van der Waals surface area contributed by atoms with Crippen LogP contribution >= 0.6 is 0 Å². The Kier molecular flexibility index (Phi) is 7.14. The van der Waals surface area contributed by atoms with Crippen LogP contribution in [0.1, 0.15) is 89.0 Å². The SMILES string of the molecule is CC(C)(N)CC(C)(C)C(=O)OC(C)(C)CCOC(C)(C)C(C)(C)C. The third-order valence-corrected chi connectivity index (χ3v) is 4.79. The first-order valence-electron chi connectivity index (χ1n) is 8.95.